The smallest absolute Gasteiger partial charge is 0.279 e. The van der Waals surface area contributed by atoms with Gasteiger partial charge in [-0.2, -0.15) is 9.78 Å². The Hall–Kier alpha value is -3.19. The largest absolute Gasteiger partial charge is 0.497 e. The SMILES string of the molecule is COc1ccc(-n2nc(C(=O)NCCCN3C[C@H](C)C[C@@H](C)C3)c3ccccc3c2=O)cc1. The van der Waals surface area contributed by atoms with Crippen LogP contribution in [0.4, 0.5) is 0 Å². The maximum Gasteiger partial charge on any atom is 0.279 e. The zero-order chi connectivity index (χ0) is 23.4. The van der Waals surface area contributed by atoms with Crippen molar-refractivity contribution in [2.45, 2.75) is 26.7 Å². The molecule has 0 saturated carbocycles. The average molecular weight is 449 g/mol. The van der Waals surface area contributed by atoms with Crippen LogP contribution in [-0.2, 0) is 0 Å². The van der Waals surface area contributed by atoms with E-state index in [4.69, 9.17) is 4.74 Å². The second kappa shape index (κ2) is 10.2. The van der Waals surface area contributed by atoms with E-state index < -0.39 is 0 Å². The Morgan fingerprint density at radius 3 is 2.39 bits per heavy atom. The Labute approximate surface area is 194 Å². The van der Waals surface area contributed by atoms with Gasteiger partial charge in [0.2, 0.25) is 0 Å². The van der Waals surface area contributed by atoms with Gasteiger partial charge in [-0.1, -0.05) is 32.0 Å². The van der Waals surface area contributed by atoms with E-state index in [0.717, 1.165) is 37.9 Å². The Balaban J connectivity index is 1.52. The number of aromatic nitrogens is 2. The maximum absolute atomic E-state index is 13.1. The number of hydrogen-bond donors (Lipinski definition) is 1. The first-order valence-corrected chi connectivity index (χ1v) is 11.6. The number of amides is 1. The Kier molecular flexibility index (Phi) is 7.08. The van der Waals surface area contributed by atoms with E-state index in [1.165, 1.54) is 11.1 Å². The van der Waals surface area contributed by atoms with E-state index in [9.17, 15) is 9.59 Å². The van der Waals surface area contributed by atoms with Crippen LogP contribution < -0.4 is 15.6 Å². The van der Waals surface area contributed by atoms with E-state index in [2.05, 4.69) is 29.2 Å². The van der Waals surface area contributed by atoms with Crippen molar-refractivity contribution in [3.05, 3.63) is 64.6 Å². The fraction of sp³-hybridized carbons (Fsp3) is 0.423. The molecule has 7 nitrogen and oxygen atoms in total. The van der Waals surface area contributed by atoms with Crippen LogP contribution in [0.2, 0.25) is 0 Å². The van der Waals surface area contributed by atoms with Crippen molar-refractivity contribution in [3.63, 3.8) is 0 Å². The number of ether oxygens (including phenoxy) is 1. The molecule has 174 valence electrons. The lowest BCUT2D eigenvalue weighted by Gasteiger charge is -2.34. The summed E-state index contributed by atoms with van der Waals surface area (Å²) in [4.78, 5) is 28.7. The molecule has 2 heterocycles. The first kappa shape index (κ1) is 23.0. The number of likely N-dealkylation sites (tertiary alicyclic amines) is 1. The van der Waals surface area contributed by atoms with Crippen LogP contribution in [0.3, 0.4) is 0 Å². The molecule has 33 heavy (non-hydrogen) atoms. The van der Waals surface area contributed by atoms with Crippen molar-refractivity contribution >= 4 is 16.7 Å². The van der Waals surface area contributed by atoms with Crippen LogP contribution in [0.15, 0.2) is 53.3 Å². The molecule has 1 aliphatic heterocycles. The van der Waals surface area contributed by atoms with Crippen molar-refractivity contribution in [2.24, 2.45) is 11.8 Å². The summed E-state index contributed by atoms with van der Waals surface area (Å²) < 4.78 is 6.49. The molecule has 1 amide bonds. The molecular formula is C26H32N4O3. The summed E-state index contributed by atoms with van der Waals surface area (Å²) in [5.74, 6) is 1.85. The third kappa shape index (κ3) is 5.25. The van der Waals surface area contributed by atoms with Gasteiger partial charge in [0, 0.05) is 25.0 Å². The molecule has 0 bridgehead atoms. The van der Waals surface area contributed by atoms with Gasteiger partial charge in [0.25, 0.3) is 11.5 Å². The van der Waals surface area contributed by atoms with Gasteiger partial charge in [0.1, 0.15) is 5.75 Å². The first-order valence-electron chi connectivity index (χ1n) is 11.6. The summed E-state index contributed by atoms with van der Waals surface area (Å²) in [6, 6.07) is 14.2. The number of carbonyl (C=O) groups is 1. The van der Waals surface area contributed by atoms with Crippen molar-refractivity contribution in [2.75, 3.05) is 33.3 Å². The molecule has 1 N–H and O–H groups in total. The fourth-order valence-electron chi connectivity index (χ4n) is 4.82. The summed E-state index contributed by atoms with van der Waals surface area (Å²) in [5.41, 5.74) is 0.566. The summed E-state index contributed by atoms with van der Waals surface area (Å²) in [5, 5.41) is 8.48. The standard InChI is InChI=1S/C26H32N4O3/c1-18-15-19(2)17-29(16-18)14-6-13-27-25(31)24-22-7-4-5-8-23(22)26(32)30(28-24)20-9-11-21(33-3)12-10-20/h4-5,7-12,18-19H,6,13-17H2,1-3H3,(H,27,31)/t18-,19-/m1/s1. The van der Waals surface area contributed by atoms with Gasteiger partial charge in [-0.05, 0) is 61.6 Å². The summed E-state index contributed by atoms with van der Waals surface area (Å²) in [7, 11) is 1.59. The first-order chi connectivity index (χ1) is 16.0. The van der Waals surface area contributed by atoms with Gasteiger partial charge >= 0.3 is 0 Å². The second-order valence-electron chi connectivity index (χ2n) is 9.12. The van der Waals surface area contributed by atoms with E-state index in [-0.39, 0.29) is 17.2 Å². The molecular weight excluding hydrogens is 416 g/mol. The minimum atomic E-state index is -0.270. The summed E-state index contributed by atoms with van der Waals surface area (Å²) in [6.45, 7) is 8.39. The molecule has 2 atom stereocenters. The third-order valence-electron chi connectivity index (χ3n) is 6.22. The average Bonchev–Trinajstić information content (AvgIpc) is 2.82. The number of nitrogens with zero attached hydrogens (tertiary/aromatic N) is 3. The number of methoxy groups -OCH3 is 1. The Morgan fingerprint density at radius 1 is 1.06 bits per heavy atom. The number of carbonyl (C=O) groups excluding carboxylic acids is 1. The molecule has 4 rings (SSSR count). The lowest BCUT2D eigenvalue weighted by molar-refractivity contribution is 0.0942. The molecule has 0 radical (unpaired) electrons. The van der Waals surface area contributed by atoms with Crippen LogP contribution in [0.1, 0.15) is 37.2 Å². The lowest BCUT2D eigenvalue weighted by atomic mass is 9.92. The van der Waals surface area contributed by atoms with Crippen molar-refractivity contribution in [1.29, 1.82) is 0 Å². The number of piperidine rings is 1. The molecule has 1 saturated heterocycles. The predicted molar refractivity (Wildman–Crippen MR) is 130 cm³/mol. The molecule has 2 aromatic carbocycles. The molecule has 1 aromatic heterocycles. The monoisotopic (exact) mass is 448 g/mol. The highest BCUT2D eigenvalue weighted by molar-refractivity contribution is 6.04. The van der Waals surface area contributed by atoms with Crippen LogP contribution in [0, 0.1) is 11.8 Å². The van der Waals surface area contributed by atoms with Gasteiger partial charge in [-0.15, -0.1) is 0 Å². The number of nitrogens with one attached hydrogen (secondary N) is 1. The van der Waals surface area contributed by atoms with Crippen molar-refractivity contribution in [1.82, 2.24) is 20.0 Å². The number of rotatable bonds is 7. The van der Waals surface area contributed by atoms with E-state index in [0.29, 0.717) is 28.8 Å². The summed E-state index contributed by atoms with van der Waals surface area (Å²) in [6.07, 6.45) is 2.16. The van der Waals surface area contributed by atoms with Crippen molar-refractivity contribution < 1.29 is 9.53 Å². The molecule has 7 heteroatoms. The molecule has 0 spiro atoms. The summed E-state index contributed by atoms with van der Waals surface area (Å²) >= 11 is 0. The van der Waals surface area contributed by atoms with Gasteiger partial charge in [0.15, 0.2) is 5.69 Å². The van der Waals surface area contributed by atoms with Crippen LogP contribution in [0.5, 0.6) is 5.75 Å². The molecule has 0 aliphatic carbocycles. The second-order valence-corrected chi connectivity index (χ2v) is 9.12. The van der Waals surface area contributed by atoms with Gasteiger partial charge in [0.05, 0.1) is 18.2 Å². The minimum Gasteiger partial charge on any atom is -0.497 e. The topological polar surface area (TPSA) is 76.5 Å². The predicted octanol–water partition coefficient (Wildman–Crippen LogP) is 3.49. The van der Waals surface area contributed by atoms with Gasteiger partial charge in [-0.3, -0.25) is 9.59 Å². The lowest BCUT2D eigenvalue weighted by Crippen LogP contribution is -2.40. The maximum atomic E-state index is 13.1. The highest BCUT2D eigenvalue weighted by Gasteiger charge is 2.21. The Bertz CT molecular complexity index is 1160. The zero-order valence-electron chi connectivity index (χ0n) is 19.6. The number of fused-ring (bicyclic) bond motifs is 1. The van der Waals surface area contributed by atoms with Crippen LogP contribution >= 0.6 is 0 Å². The van der Waals surface area contributed by atoms with E-state index >= 15 is 0 Å². The highest BCUT2D eigenvalue weighted by Crippen LogP contribution is 2.21. The zero-order valence-corrected chi connectivity index (χ0v) is 19.6. The number of benzene rings is 2. The molecule has 1 fully saturated rings. The van der Waals surface area contributed by atoms with Crippen LogP contribution in [0.25, 0.3) is 16.5 Å². The molecule has 0 unspecified atom stereocenters. The molecule has 3 aromatic rings. The Morgan fingerprint density at radius 2 is 1.73 bits per heavy atom. The highest BCUT2D eigenvalue weighted by atomic mass is 16.5. The van der Waals surface area contributed by atoms with Gasteiger partial charge < -0.3 is 15.0 Å². The number of hydrogen-bond acceptors (Lipinski definition) is 5. The van der Waals surface area contributed by atoms with Crippen LogP contribution in [-0.4, -0.2) is 53.9 Å². The molecule has 1 aliphatic rings. The van der Waals surface area contributed by atoms with E-state index in [1.54, 1.807) is 49.6 Å². The minimum absolute atomic E-state index is 0.251. The fourth-order valence-corrected chi connectivity index (χ4v) is 4.82. The quantitative estimate of drug-likeness (QED) is 0.560. The van der Waals surface area contributed by atoms with Crippen molar-refractivity contribution in [3.8, 4) is 11.4 Å². The third-order valence-corrected chi connectivity index (χ3v) is 6.22. The van der Waals surface area contributed by atoms with Gasteiger partial charge in [-0.25, -0.2) is 0 Å². The van der Waals surface area contributed by atoms with E-state index in [1.807, 2.05) is 6.07 Å². The normalized spacial score (nSPS) is 18.9.